The van der Waals surface area contributed by atoms with Gasteiger partial charge in [-0.3, -0.25) is 9.59 Å². The summed E-state index contributed by atoms with van der Waals surface area (Å²) in [6.45, 7) is 0. The Kier molecular flexibility index (Phi) is 10.1. The minimum absolute atomic E-state index is 0.00570. The van der Waals surface area contributed by atoms with Crippen molar-refractivity contribution in [1.29, 1.82) is 0 Å². The number of carboxylic acids is 1. The number of benzene rings is 3. The zero-order valence-corrected chi connectivity index (χ0v) is 19.8. The molecule has 6 nitrogen and oxygen atoms in total. The van der Waals surface area contributed by atoms with E-state index in [0.29, 0.717) is 19.3 Å². The van der Waals surface area contributed by atoms with Crippen LogP contribution in [0.3, 0.4) is 0 Å². The lowest BCUT2D eigenvalue weighted by Crippen LogP contribution is -2.42. The molecule has 0 aliphatic heterocycles. The van der Waals surface area contributed by atoms with E-state index in [-0.39, 0.29) is 24.7 Å². The molecule has 0 radical (unpaired) electrons. The van der Waals surface area contributed by atoms with Gasteiger partial charge in [0.05, 0.1) is 0 Å². The van der Waals surface area contributed by atoms with Gasteiger partial charge in [0.2, 0.25) is 11.8 Å². The Morgan fingerprint density at radius 2 is 1.17 bits per heavy atom. The lowest BCUT2D eigenvalue weighted by Gasteiger charge is -2.14. The number of rotatable bonds is 13. The standard InChI is InChI=1S/C29H32N2O4/c32-27(15-7-13-22-9-3-1-4-10-22)30-25-19-17-23(18-20-25)14-8-16-28(33)31-26(29(34)35)21-24-11-5-2-6-12-24/h1-6,9-12,17-20,26H,7-8,13-16,21H2,(H,30,32)(H,31,33)(H,34,35). The average molecular weight is 473 g/mol. The number of carbonyl (C=O) groups is 3. The number of hydrogen-bond acceptors (Lipinski definition) is 3. The van der Waals surface area contributed by atoms with Crippen LogP contribution >= 0.6 is 0 Å². The molecule has 1 unspecified atom stereocenters. The zero-order valence-electron chi connectivity index (χ0n) is 19.8. The van der Waals surface area contributed by atoms with Gasteiger partial charge in [-0.25, -0.2) is 4.79 Å². The SMILES string of the molecule is O=C(CCCc1ccccc1)Nc1ccc(CCCC(=O)NC(Cc2ccccc2)C(=O)O)cc1. The lowest BCUT2D eigenvalue weighted by molar-refractivity contribution is -0.141. The average Bonchev–Trinajstić information content (AvgIpc) is 2.86. The van der Waals surface area contributed by atoms with Crippen LogP contribution in [0.15, 0.2) is 84.9 Å². The van der Waals surface area contributed by atoms with Crippen molar-refractivity contribution in [2.24, 2.45) is 0 Å². The summed E-state index contributed by atoms with van der Waals surface area (Å²) in [7, 11) is 0. The van der Waals surface area contributed by atoms with E-state index in [4.69, 9.17) is 0 Å². The molecule has 0 saturated carbocycles. The minimum Gasteiger partial charge on any atom is -0.480 e. The fraction of sp³-hybridized carbons (Fsp3) is 0.276. The molecule has 35 heavy (non-hydrogen) atoms. The monoisotopic (exact) mass is 472 g/mol. The number of carboxylic acid groups (broad SMARTS) is 1. The highest BCUT2D eigenvalue weighted by atomic mass is 16.4. The Morgan fingerprint density at radius 1 is 0.657 bits per heavy atom. The molecule has 3 N–H and O–H groups in total. The normalized spacial score (nSPS) is 11.4. The van der Waals surface area contributed by atoms with E-state index in [1.807, 2.05) is 72.8 Å². The molecular formula is C29H32N2O4. The smallest absolute Gasteiger partial charge is 0.326 e. The van der Waals surface area contributed by atoms with Gasteiger partial charge >= 0.3 is 5.97 Å². The van der Waals surface area contributed by atoms with Crippen molar-refractivity contribution in [3.05, 3.63) is 102 Å². The molecule has 2 amide bonds. The van der Waals surface area contributed by atoms with Gasteiger partial charge in [-0.15, -0.1) is 0 Å². The quantitative estimate of drug-likeness (QED) is 0.334. The van der Waals surface area contributed by atoms with E-state index in [0.717, 1.165) is 29.7 Å². The molecule has 0 saturated heterocycles. The lowest BCUT2D eigenvalue weighted by atomic mass is 10.0. The first kappa shape index (κ1) is 25.7. The molecule has 0 heterocycles. The van der Waals surface area contributed by atoms with E-state index in [1.54, 1.807) is 0 Å². The summed E-state index contributed by atoms with van der Waals surface area (Å²) in [6.07, 6.45) is 3.93. The van der Waals surface area contributed by atoms with Gasteiger partial charge in [-0.1, -0.05) is 72.8 Å². The first-order chi connectivity index (χ1) is 17.0. The maximum atomic E-state index is 12.3. The van der Waals surface area contributed by atoms with Gasteiger partial charge in [-0.05, 0) is 54.5 Å². The van der Waals surface area contributed by atoms with Crippen LogP contribution in [0.4, 0.5) is 5.69 Å². The van der Waals surface area contributed by atoms with E-state index < -0.39 is 12.0 Å². The summed E-state index contributed by atoms with van der Waals surface area (Å²) in [5, 5.41) is 15.0. The Balaban J connectivity index is 1.35. The second kappa shape index (κ2) is 13.7. The Morgan fingerprint density at radius 3 is 1.74 bits per heavy atom. The van der Waals surface area contributed by atoms with Crippen LogP contribution < -0.4 is 10.6 Å². The number of aliphatic carboxylic acids is 1. The summed E-state index contributed by atoms with van der Waals surface area (Å²) in [5.41, 5.74) is 3.90. The van der Waals surface area contributed by atoms with E-state index in [1.165, 1.54) is 5.56 Å². The van der Waals surface area contributed by atoms with Crippen LogP contribution in [0.5, 0.6) is 0 Å². The molecule has 3 aromatic carbocycles. The van der Waals surface area contributed by atoms with Gasteiger partial charge in [-0.2, -0.15) is 0 Å². The topological polar surface area (TPSA) is 95.5 Å². The Labute approximate surface area is 206 Å². The molecule has 1 atom stereocenters. The summed E-state index contributed by atoms with van der Waals surface area (Å²) in [4.78, 5) is 36.0. The summed E-state index contributed by atoms with van der Waals surface area (Å²) >= 11 is 0. The highest BCUT2D eigenvalue weighted by molar-refractivity contribution is 5.90. The van der Waals surface area contributed by atoms with Gasteiger partial charge in [0.15, 0.2) is 0 Å². The van der Waals surface area contributed by atoms with Crippen molar-refractivity contribution >= 4 is 23.5 Å². The number of nitrogens with one attached hydrogen (secondary N) is 2. The third-order valence-corrected chi connectivity index (χ3v) is 5.74. The molecule has 0 aromatic heterocycles. The van der Waals surface area contributed by atoms with Gasteiger partial charge in [0.25, 0.3) is 0 Å². The highest BCUT2D eigenvalue weighted by Gasteiger charge is 2.20. The molecule has 0 fully saturated rings. The molecule has 6 heteroatoms. The van der Waals surface area contributed by atoms with Gasteiger partial charge < -0.3 is 15.7 Å². The molecule has 0 aliphatic rings. The number of anilines is 1. The second-order valence-electron chi connectivity index (χ2n) is 8.59. The Bertz CT molecular complexity index is 1080. The minimum atomic E-state index is -1.04. The fourth-order valence-electron chi connectivity index (χ4n) is 3.85. The van der Waals surface area contributed by atoms with Crippen LogP contribution in [-0.4, -0.2) is 28.9 Å². The van der Waals surface area contributed by atoms with Crippen molar-refractivity contribution in [3.8, 4) is 0 Å². The highest BCUT2D eigenvalue weighted by Crippen LogP contribution is 2.13. The predicted molar refractivity (Wildman–Crippen MR) is 137 cm³/mol. The molecule has 0 aliphatic carbocycles. The van der Waals surface area contributed by atoms with Crippen molar-refractivity contribution in [3.63, 3.8) is 0 Å². The van der Waals surface area contributed by atoms with Crippen molar-refractivity contribution in [2.75, 3.05) is 5.32 Å². The summed E-state index contributed by atoms with van der Waals surface area (Å²) < 4.78 is 0. The maximum absolute atomic E-state index is 12.3. The zero-order chi connectivity index (χ0) is 24.9. The molecule has 0 bridgehead atoms. The van der Waals surface area contributed by atoms with Crippen LogP contribution in [0.2, 0.25) is 0 Å². The maximum Gasteiger partial charge on any atom is 0.326 e. The third kappa shape index (κ3) is 9.45. The van der Waals surface area contributed by atoms with Crippen molar-refractivity contribution < 1.29 is 19.5 Å². The largest absolute Gasteiger partial charge is 0.480 e. The molecule has 3 aromatic rings. The first-order valence-corrected chi connectivity index (χ1v) is 12.0. The number of carbonyl (C=O) groups excluding carboxylic acids is 2. The van der Waals surface area contributed by atoms with Crippen molar-refractivity contribution in [1.82, 2.24) is 5.32 Å². The second-order valence-corrected chi connectivity index (χ2v) is 8.59. The van der Waals surface area contributed by atoms with Crippen LogP contribution in [0, 0.1) is 0 Å². The summed E-state index contributed by atoms with van der Waals surface area (Å²) in [6, 6.07) is 26.0. The van der Waals surface area contributed by atoms with E-state index in [9.17, 15) is 19.5 Å². The molecular weight excluding hydrogens is 440 g/mol. The third-order valence-electron chi connectivity index (χ3n) is 5.74. The van der Waals surface area contributed by atoms with Crippen LogP contribution in [0.25, 0.3) is 0 Å². The predicted octanol–water partition coefficient (Wildman–Crippen LogP) is 4.78. The van der Waals surface area contributed by atoms with Gasteiger partial charge in [0, 0.05) is 24.9 Å². The number of aryl methyl sites for hydroxylation is 2. The fourth-order valence-corrected chi connectivity index (χ4v) is 3.85. The summed E-state index contributed by atoms with van der Waals surface area (Å²) in [5.74, 6) is -1.32. The van der Waals surface area contributed by atoms with Gasteiger partial charge in [0.1, 0.15) is 6.04 Å². The Hall–Kier alpha value is -3.93. The van der Waals surface area contributed by atoms with Crippen LogP contribution in [-0.2, 0) is 33.6 Å². The van der Waals surface area contributed by atoms with Crippen molar-refractivity contribution in [2.45, 2.75) is 51.0 Å². The van der Waals surface area contributed by atoms with Crippen LogP contribution in [0.1, 0.15) is 42.4 Å². The number of amides is 2. The number of hydrogen-bond donors (Lipinski definition) is 3. The van der Waals surface area contributed by atoms with E-state index >= 15 is 0 Å². The first-order valence-electron chi connectivity index (χ1n) is 12.0. The molecule has 0 spiro atoms. The van der Waals surface area contributed by atoms with E-state index in [2.05, 4.69) is 22.8 Å². The molecule has 182 valence electrons. The molecule has 3 rings (SSSR count).